The van der Waals surface area contributed by atoms with E-state index in [0.717, 1.165) is 11.1 Å². The van der Waals surface area contributed by atoms with Crippen molar-refractivity contribution in [2.24, 2.45) is 4.99 Å². The molecule has 1 amide bonds. The Kier molecular flexibility index (Phi) is 8.65. The lowest BCUT2D eigenvalue weighted by Gasteiger charge is -2.20. The van der Waals surface area contributed by atoms with Crippen molar-refractivity contribution < 1.29 is 14.3 Å². The van der Waals surface area contributed by atoms with Crippen LogP contribution in [-0.4, -0.2) is 34.7 Å². The van der Waals surface area contributed by atoms with Crippen molar-refractivity contribution in [2.75, 3.05) is 6.61 Å². The normalized spacial score (nSPS) is 16.1. The van der Waals surface area contributed by atoms with E-state index in [1.807, 2.05) is 52.8 Å². The van der Waals surface area contributed by atoms with Crippen LogP contribution in [0.5, 0.6) is 11.5 Å². The number of carbonyl (C=O) groups excluding carboxylic acids is 1. The summed E-state index contributed by atoms with van der Waals surface area (Å²) in [7, 11) is 0. The summed E-state index contributed by atoms with van der Waals surface area (Å²) in [5.74, 6) is 0.792. The third-order valence-electron chi connectivity index (χ3n) is 4.86. The second-order valence-corrected chi connectivity index (χ2v) is 9.62. The standard InChI is InChI=1S/C26H28ClN3O3S/c1-6-32-22-12-18(13-23-25(31)30(17(4)5)26(34-23)29-16(2)3)11-21(27)24(22)33-15-20-10-8-7-9-19(20)14-28/h7-13,16-17H,6,15H2,1-5H3/b23-13+,29-26?. The summed E-state index contributed by atoms with van der Waals surface area (Å²) in [4.78, 5) is 20.0. The second-order valence-electron chi connectivity index (χ2n) is 8.21. The van der Waals surface area contributed by atoms with E-state index < -0.39 is 0 Å². The summed E-state index contributed by atoms with van der Waals surface area (Å²) < 4.78 is 11.8. The largest absolute Gasteiger partial charge is 0.490 e. The molecule has 1 saturated heterocycles. The van der Waals surface area contributed by atoms with E-state index in [4.69, 9.17) is 21.1 Å². The van der Waals surface area contributed by atoms with Gasteiger partial charge in [0.15, 0.2) is 16.7 Å². The first-order valence-corrected chi connectivity index (χ1v) is 12.3. The molecule has 1 aliphatic rings. The molecular formula is C26H28ClN3O3S. The van der Waals surface area contributed by atoms with Crippen molar-refractivity contribution in [3.8, 4) is 17.6 Å². The Labute approximate surface area is 210 Å². The van der Waals surface area contributed by atoms with E-state index in [1.54, 1.807) is 29.2 Å². The molecule has 0 bridgehead atoms. The molecule has 2 aromatic carbocycles. The van der Waals surface area contributed by atoms with E-state index in [0.29, 0.717) is 38.8 Å². The summed E-state index contributed by atoms with van der Waals surface area (Å²) in [5, 5.41) is 10.4. The van der Waals surface area contributed by atoms with Gasteiger partial charge in [-0.25, -0.2) is 0 Å². The van der Waals surface area contributed by atoms with Gasteiger partial charge in [-0.1, -0.05) is 29.8 Å². The van der Waals surface area contributed by atoms with Crippen molar-refractivity contribution in [2.45, 2.75) is 53.3 Å². The number of benzene rings is 2. The molecule has 8 heteroatoms. The van der Waals surface area contributed by atoms with Gasteiger partial charge in [-0.05, 0) is 76.2 Å². The third-order valence-corrected chi connectivity index (χ3v) is 6.14. The number of halogens is 1. The SMILES string of the molecule is CCOc1cc(/C=C2/SC(=NC(C)C)N(C(C)C)C2=O)cc(Cl)c1OCc1ccccc1C#N. The number of thioether (sulfide) groups is 1. The number of amidine groups is 1. The quantitative estimate of drug-likeness (QED) is 0.401. The van der Waals surface area contributed by atoms with Crippen molar-refractivity contribution in [1.29, 1.82) is 5.26 Å². The van der Waals surface area contributed by atoms with Gasteiger partial charge in [-0.15, -0.1) is 0 Å². The average Bonchev–Trinajstić information content (AvgIpc) is 3.07. The number of nitriles is 1. The van der Waals surface area contributed by atoms with Crippen LogP contribution in [0.3, 0.4) is 0 Å². The lowest BCUT2D eigenvalue weighted by molar-refractivity contribution is -0.123. The molecule has 3 rings (SSSR count). The first-order valence-electron chi connectivity index (χ1n) is 11.1. The smallest absolute Gasteiger partial charge is 0.266 e. The van der Waals surface area contributed by atoms with Gasteiger partial charge in [0.1, 0.15) is 6.61 Å². The minimum Gasteiger partial charge on any atom is -0.490 e. The summed E-state index contributed by atoms with van der Waals surface area (Å²) in [5.41, 5.74) is 2.03. The van der Waals surface area contributed by atoms with Crippen LogP contribution in [0.2, 0.25) is 5.02 Å². The zero-order valence-electron chi connectivity index (χ0n) is 20.0. The highest BCUT2D eigenvalue weighted by Crippen LogP contribution is 2.40. The van der Waals surface area contributed by atoms with Crippen LogP contribution >= 0.6 is 23.4 Å². The Morgan fingerprint density at radius 1 is 1.21 bits per heavy atom. The second kappa shape index (κ2) is 11.5. The van der Waals surface area contributed by atoms with Gasteiger partial charge >= 0.3 is 0 Å². The van der Waals surface area contributed by atoms with Crippen molar-refractivity contribution in [3.63, 3.8) is 0 Å². The highest BCUT2D eigenvalue weighted by molar-refractivity contribution is 8.18. The maximum absolute atomic E-state index is 13.1. The lowest BCUT2D eigenvalue weighted by Crippen LogP contribution is -2.35. The van der Waals surface area contributed by atoms with E-state index in [9.17, 15) is 10.1 Å². The molecule has 0 saturated carbocycles. The molecule has 0 atom stereocenters. The number of hydrogen-bond acceptors (Lipinski definition) is 6. The summed E-state index contributed by atoms with van der Waals surface area (Å²) >= 11 is 7.94. The van der Waals surface area contributed by atoms with Crippen LogP contribution < -0.4 is 9.47 Å². The van der Waals surface area contributed by atoms with Crippen LogP contribution in [0, 0.1) is 11.3 Å². The minimum atomic E-state index is -0.0816. The van der Waals surface area contributed by atoms with Gasteiger partial charge in [0.25, 0.3) is 5.91 Å². The number of nitrogens with zero attached hydrogens (tertiary/aromatic N) is 3. The van der Waals surface area contributed by atoms with Crippen LogP contribution in [0.25, 0.3) is 6.08 Å². The third kappa shape index (κ3) is 5.94. The molecule has 1 aliphatic heterocycles. The summed E-state index contributed by atoms with van der Waals surface area (Å²) in [6.07, 6.45) is 1.80. The number of amides is 1. The fourth-order valence-electron chi connectivity index (χ4n) is 3.38. The molecule has 0 spiro atoms. The van der Waals surface area contributed by atoms with Crippen molar-refractivity contribution >= 4 is 40.5 Å². The minimum absolute atomic E-state index is 0.00182. The maximum Gasteiger partial charge on any atom is 0.266 e. The number of rotatable bonds is 8. The van der Waals surface area contributed by atoms with Crippen LogP contribution in [-0.2, 0) is 11.4 Å². The van der Waals surface area contributed by atoms with Crippen molar-refractivity contribution in [3.05, 3.63) is 63.0 Å². The molecule has 0 aliphatic carbocycles. The fraction of sp³-hybridized carbons (Fsp3) is 0.346. The zero-order valence-corrected chi connectivity index (χ0v) is 21.5. The van der Waals surface area contributed by atoms with Crippen LogP contribution in [0.15, 0.2) is 46.3 Å². The van der Waals surface area contributed by atoms with Crippen LogP contribution in [0.4, 0.5) is 0 Å². The Hall–Kier alpha value is -2.95. The van der Waals surface area contributed by atoms with Crippen LogP contribution in [0.1, 0.15) is 51.3 Å². The molecule has 0 aromatic heterocycles. The van der Waals surface area contributed by atoms with E-state index >= 15 is 0 Å². The average molecular weight is 498 g/mol. The molecule has 0 unspecified atom stereocenters. The van der Waals surface area contributed by atoms with Gasteiger partial charge in [0.05, 0.1) is 28.2 Å². The maximum atomic E-state index is 13.1. The number of hydrogen-bond donors (Lipinski definition) is 0. The van der Waals surface area contributed by atoms with Gasteiger partial charge in [-0.3, -0.25) is 14.7 Å². The molecule has 1 heterocycles. The molecule has 1 fully saturated rings. The lowest BCUT2D eigenvalue weighted by atomic mass is 10.1. The zero-order chi connectivity index (χ0) is 24.8. The molecule has 0 radical (unpaired) electrons. The van der Waals surface area contributed by atoms with E-state index in [1.165, 1.54) is 11.8 Å². The first-order chi connectivity index (χ1) is 16.2. The van der Waals surface area contributed by atoms with Crippen molar-refractivity contribution in [1.82, 2.24) is 4.90 Å². The highest BCUT2D eigenvalue weighted by Gasteiger charge is 2.35. The monoisotopic (exact) mass is 497 g/mol. The van der Waals surface area contributed by atoms with Gasteiger partial charge in [0.2, 0.25) is 0 Å². The van der Waals surface area contributed by atoms with Gasteiger partial charge < -0.3 is 9.47 Å². The predicted octanol–water partition coefficient (Wildman–Crippen LogP) is 6.28. The Balaban J connectivity index is 1.93. The Morgan fingerprint density at radius 2 is 1.94 bits per heavy atom. The molecule has 6 nitrogen and oxygen atoms in total. The molecular weight excluding hydrogens is 470 g/mol. The van der Waals surface area contributed by atoms with Gasteiger partial charge in [-0.2, -0.15) is 5.26 Å². The summed E-state index contributed by atoms with van der Waals surface area (Å²) in [6.45, 7) is 10.4. The summed E-state index contributed by atoms with van der Waals surface area (Å²) in [6, 6.07) is 13.0. The predicted molar refractivity (Wildman–Crippen MR) is 138 cm³/mol. The van der Waals surface area contributed by atoms with E-state index in [2.05, 4.69) is 11.1 Å². The fourth-order valence-corrected chi connectivity index (χ4v) is 4.89. The molecule has 178 valence electrons. The number of aliphatic imine (C=N–C) groups is 1. The number of carbonyl (C=O) groups is 1. The van der Waals surface area contributed by atoms with E-state index in [-0.39, 0.29) is 24.6 Å². The molecule has 2 aromatic rings. The highest BCUT2D eigenvalue weighted by atomic mass is 35.5. The van der Waals surface area contributed by atoms with Gasteiger partial charge in [0, 0.05) is 17.6 Å². The molecule has 0 N–H and O–H groups in total. The topological polar surface area (TPSA) is 74.9 Å². The Morgan fingerprint density at radius 3 is 2.59 bits per heavy atom. The first kappa shape index (κ1) is 25.7. The molecule has 34 heavy (non-hydrogen) atoms. The number of ether oxygens (including phenoxy) is 2. The Bertz CT molecular complexity index is 1170.